The fourth-order valence-corrected chi connectivity index (χ4v) is 6.33. The van der Waals surface area contributed by atoms with Crippen molar-refractivity contribution >= 4 is 27.6 Å². The Morgan fingerprint density at radius 1 is 1.24 bits per heavy atom. The number of aliphatic imine (C=N–C) groups is 1. The number of aliphatic hydroxyl groups is 1. The number of halogens is 1. The predicted molar refractivity (Wildman–Crippen MR) is 126 cm³/mol. The number of aliphatic hydroxyl groups excluding tert-OH is 1. The van der Waals surface area contributed by atoms with Crippen LogP contribution < -0.4 is 9.62 Å². The molecule has 0 saturated carbocycles. The zero-order valence-corrected chi connectivity index (χ0v) is 19.9. The van der Waals surface area contributed by atoms with E-state index in [1.807, 2.05) is 0 Å². The summed E-state index contributed by atoms with van der Waals surface area (Å²) in [6.45, 7) is 3.68. The van der Waals surface area contributed by atoms with Crippen LogP contribution in [0, 0.1) is 5.82 Å². The van der Waals surface area contributed by atoms with E-state index in [0.717, 1.165) is 12.1 Å². The fraction of sp³-hybridized carbons (Fsp3) is 0.417. The molecule has 2 heterocycles. The number of sulfonamides is 1. The molecule has 0 aliphatic carbocycles. The Hall–Kier alpha value is -2.98. The molecule has 0 aromatic heterocycles. The van der Waals surface area contributed by atoms with Gasteiger partial charge in [-0.25, -0.2) is 22.5 Å². The molecule has 34 heavy (non-hydrogen) atoms. The molecule has 2 aliphatic rings. The van der Waals surface area contributed by atoms with E-state index >= 15 is 0 Å². The summed E-state index contributed by atoms with van der Waals surface area (Å²) in [6.07, 6.45) is 1.40. The second-order valence-corrected chi connectivity index (χ2v) is 10.7. The second-order valence-electron chi connectivity index (χ2n) is 8.96. The third-order valence-electron chi connectivity index (χ3n) is 6.05. The van der Waals surface area contributed by atoms with Crippen LogP contribution in [0.4, 0.5) is 10.1 Å². The van der Waals surface area contributed by atoms with Crippen molar-refractivity contribution < 1.29 is 27.4 Å². The number of rotatable bonds is 6. The number of amidine groups is 1. The first-order chi connectivity index (χ1) is 16.1. The van der Waals surface area contributed by atoms with E-state index in [2.05, 4.69) is 9.71 Å². The Bertz CT molecular complexity index is 1200. The lowest BCUT2D eigenvalue weighted by Gasteiger charge is -2.39. The minimum atomic E-state index is -3.97. The standard InChI is InChI=1S/C24H28FN3O5S/c1-24(2)22(16-9-11-17(12-10-16)28-14-5-8-21(28)30)34(31,32)27-23(33-24)26-20(13-15-29)18-6-3-4-7-19(18)25/h3-4,6-7,9-12,20,22,29H,5,8,13-15H2,1-2H3,(H,26,27)/t20-,22?/m0/s1. The highest BCUT2D eigenvalue weighted by Crippen LogP contribution is 2.40. The summed E-state index contributed by atoms with van der Waals surface area (Å²) in [5, 5.41) is 8.39. The summed E-state index contributed by atoms with van der Waals surface area (Å²) in [4.78, 5) is 18.0. The molecule has 0 spiro atoms. The number of benzene rings is 2. The quantitative estimate of drug-likeness (QED) is 0.648. The Labute approximate surface area is 198 Å². The van der Waals surface area contributed by atoms with Gasteiger partial charge in [0.25, 0.3) is 6.02 Å². The SMILES string of the molecule is CC1(C)OC(=N[C@@H](CCO)c2ccccc2F)NS(=O)(=O)C1c1ccc(N2CCCC2=O)cc1. The average Bonchev–Trinajstić information content (AvgIpc) is 3.18. The lowest BCUT2D eigenvalue weighted by Crippen LogP contribution is -2.53. The minimum absolute atomic E-state index is 0.0523. The molecule has 0 radical (unpaired) electrons. The summed E-state index contributed by atoms with van der Waals surface area (Å²) in [6, 6.07) is 11.8. The third kappa shape index (κ3) is 4.78. The monoisotopic (exact) mass is 489 g/mol. The fourth-order valence-electron chi connectivity index (χ4n) is 4.56. The smallest absolute Gasteiger partial charge is 0.299 e. The maximum atomic E-state index is 14.3. The highest BCUT2D eigenvalue weighted by Gasteiger charge is 2.48. The Morgan fingerprint density at radius 3 is 2.53 bits per heavy atom. The molecule has 2 fully saturated rings. The predicted octanol–water partition coefficient (Wildman–Crippen LogP) is 3.20. The van der Waals surface area contributed by atoms with Crippen LogP contribution in [-0.4, -0.2) is 44.2 Å². The van der Waals surface area contributed by atoms with E-state index in [0.29, 0.717) is 18.5 Å². The highest BCUT2D eigenvalue weighted by atomic mass is 32.2. The largest absolute Gasteiger partial charge is 0.457 e. The van der Waals surface area contributed by atoms with Crippen molar-refractivity contribution in [2.75, 3.05) is 18.1 Å². The zero-order valence-electron chi connectivity index (χ0n) is 19.1. The summed E-state index contributed by atoms with van der Waals surface area (Å²) in [5.41, 5.74) is 0.268. The van der Waals surface area contributed by atoms with Crippen LogP contribution in [0.15, 0.2) is 53.5 Å². The summed E-state index contributed by atoms with van der Waals surface area (Å²) in [5.74, 6) is -0.450. The van der Waals surface area contributed by atoms with Gasteiger partial charge in [0, 0.05) is 30.8 Å². The molecule has 2 aromatic rings. The molecule has 8 nitrogen and oxygen atoms in total. The number of nitrogens with zero attached hydrogens (tertiary/aromatic N) is 2. The molecule has 4 rings (SSSR count). The van der Waals surface area contributed by atoms with Gasteiger partial charge >= 0.3 is 0 Å². The number of anilines is 1. The first kappa shape index (κ1) is 24.2. The van der Waals surface area contributed by atoms with Gasteiger partial charge in [0.05, 0.1) is 6.04 Å². The molecule has 1 amide bonds. The first-order valence-electron chi connectivity index (χ1n) is 11.2. The molecule has 10 heteroatoms. The third-order valence-corrected chi connectivity index (χ3v) is 7.97. The summed E-state index contributed by atoms with van der Waals surface area (Å²) >= 11 is 0. The number of nitrogens with one attached hydrogen (secondary N) is 1. The molecule has 2 aliphatic heterocycles. The lowest BCUT2D eigenvalue weighted by atomic mass is 9.97. The molecule has 0 bridgehead atoms. The van der Waals surface area contributed by atoms with Crippen LogP contribution in [0.25, 0.3) is 0 Å². The van der Waals surface area contributed by atoms with Gasteiger partial charge in [-0.1, -0.05) is 30.3 Å². The Kier molecular flexibility index (Phi) is 6.64. The van der Waals surface area contributed by atoms with Gasteiger partial charge in [0.1, 0.15) is 16.7 Å². The van der Waals surface area contributed by atoms with E-state index in [9.17, 15) is 22.7 Å². The van der Waals surface area contributed by atoms with Crippen LogP contribution in [0.5, 0.6) is 0 Å². The van der Waals surface area contributed by atoms with Crippen LogP contribution in [-0.2, 0) is 19.6 Å². The Morgan fingerprint density at radius 2 is 1.94 bits per heavy atom. The zero-order chi connectivity index (χ0) is 24.5. The van der Waals surface area contributed by atoms with Gasteiger partial charge in [-0.3, -0.25) is 4.79 Å². The molecule has 2 N–H and O–H groups in total. The summed E-state index contributed by atoms with van der Waals surface area (Å²) < 4.78 is 49.2. The average molecular weight is 490 g/mol. The molecule has 2 saturated heterocycles. The number of carbonyl (C=O) groups is 1. The minimum Gasteiger partial charge on any atom is -0.457 e. The van der Waals surface area contributed by atoms with Crippen molar-refractivity contribution in [2.24, 2.45) is 4.99 Å². The van der Waals surface area contributed by atoms with E-state index in [1.165, 1.54) is 12.1 Å². The van der Waals surface area contributed by atoms with E-state index in [1.54, 1.807) is 55.1 Å². The Balaban J connectivity index is 1.62. The van der Waals surface area contributed by atoms with Gasteiger partial charge in [-0.15, -0.1) is 0 Å². The van der Waals surface area contributed by atoms with Crippen LogP contribution >= 0.6 is 0 Å². The molecule has 2 aromatic carbocycles. The van der Waals surface area contributed by atoms with E-state index in [4.69, 9.17) is 4.74 Å². The molecule has 1 unspecified atom stereocenters. The van der Waals surface area contributed by atoms with Crippen molar-refractivity contribution in [1.82, 2.24) is 4.72 Å². The van der Waals surface area contributed by atoms with Gasteiger partial charge in [-0.05, 0) is 50.5 Å². The topological polar surface area (TPSA) is 108 Å². The second kappa shape index (κ2) is 9.34. The molecule has 2 atom stereocenters. The van der Waals surface area contributed by atoms with Crippen molar-refractivity contribution in [3.8, 4) is 0 Å². The molecular formula is C24H28FN3O5S. The maximum Gasteiger partial charge on any atom is 0.299 e. The van der Waals surface area contributed by atoms with Crippen molar-refractivity contribution in [1.29, 1.82) is 0 Å². The number of ether oxygens (including phenoxy) is 1. The summed E-state index contributed by atoms with van der Waals surface area (Å²) in [7, 11) is -3.97. The number of hydrogen-bond donors (Lipinski definition) is 2. The van der Waals surface area contributed by atoms with Crippen molar-refractivity contribution in [3.63, 3.8) is 0 Å². The van der Waals surface area contributed by atoms with E-state index < -0.39 is 32.7 Å². The van der Waals surface area contributed by atoms with Crippen LogP contribution in [0.2, 0.25) is 0 Å². The highest BCUT2D eigenvalue weighted by molar-refractivity contribution is 7.90. The van der Waals surface area contributed by atoms with Gasteiger partial charge < -0.3 is 14.7 Å². The maximum absolute atomic E-state index is 14.3. The number of hydrogen-bond acceptors (Lipinski definition) is 6. The van der Waals surface area contributed by atoms with Gasteiger partial charge in [0.15, 0.2) is 0 Å². The van der Waals surface area contributed by atoms with Crippen molar-refractivity contribution in [3.05, 3.63) is 65.5 Å². The first-order valence-corrected chi connectivity index (χ1v) is 12.7. The normalized spacial score (nSPS) is 23.4. The van der Waals surface area contributed by atoms with Crippen LogP contribution in [0.3, 0.4) is 0 Å². The van der Waals surface area contributed by atoms with E-state index in [-0.39, 0.29) is 30.5 Å². The van der Waals surface area contributed by atoms with Crippen molar-refractivity contribution in [2.45, 2.75) is 50.0 Å². The number of carbonyl (C=O) groups excluding carboxylic acids is 1. The molecular weight excluding hydrogens is 461 g/mol. The van der Waals surface area contributed by atoms with Crippen LogP contribution in [0.1, 0.15) is 55.5 Å². The van der Waals surface area contributed by atoms with Gasteiger partial charge in [0.2, 0.25) is 15.9 Å². The van der Waals surface area contributed by atoms with Gasteiger partial charge in [-0.2, -0.15) is 0 Å². The lowest BCUT2D eigenvalue weighted by molar-refractivity contribution is -0.117. The molecule has 182 valence electrons. The number of amides is 1.